The van der Waals surface area contributed by atoms with E-state index in [1.54, 1.807) is 7.11 Å². The zero-order chi connectivity index (χ0) is 16.1. The van der Waals surface area contributed by atoms with Gasteiger partial charge in [0.15, 0.2) is 17.3 Å². The van der Waals surface area contributed by atoms with Crippen molar-refractivity contribution in [3.8, 4) is 11.5 Å². The van der Waals surface area contributed by atoms with Crippen molar-refractivity contribution in [2.75, 3.05) is 26.9 Å². The van der Waals surface area contributed by atoms with E-state index in [4.69, 9.17) is 18.9 Å². The van der Waals surface area contributed by atoms with Crippen LogP contribution in [0.25, 0.3) is 0 Å². The lowest BCUT2D eigenvalue weighted by molar-refractivity contribution is -0.0950. The summed E-state index contributed by atoms with van der Waals surface area (Å²) in [6.45, 7) is 4.62. The summed E-state index contributed by atoms with van der Waals surface area (Å²) in [5.74, 6) is 2.83. The molecule has 1 atom stereocenters. The first kappa shape index (κ1) is 15.8. The second kappa shape index (κ2) is 7.43. The number of aryl methyl sites for hydroxylation is 1. The second-order valence-corrected chi connectivity index (χ2v) is 5.26. The van der Waals surface area contributed by atoms with E-state index in [-0.39, 0.29) is 6.10 Å². The second-order valence-electron chi connectivity index (χ2n) is 5.26. The lowest BCUT2D eigenvalue weighted by Crippen LogP contribution is -2.33. The molecule has 0 unspecified atom stereocenters. The molecule has 23 heavy (non-hydrogen) atoms. The normalized spacial score (nSPS) is 17.9. The quantitative estimate of drug-likeness (QED) is 0.805. The minimum atomic E-state index is -0.00476. The molecule has 2 heterocycles. The third-order valence-electron chi connectivity index (χ3n) is 3.54. The van der Waals surface area contributed by atoms with Crippen LogP contribution in [-0.4, -0.2) is 47.8 Å². The Morgan fingerprint density at radius 2 is 2.09 bits per heavy atom. The fraction of sp³-hybridized carbons (Fsp3) is 0.500. The van der Waals surface area contributed by atoms with Crippen LogP contribution in [0.15, 0.2) is 24.3 Å². The van der Waals surface area contributed by atoms with Crippen LogP contribution in [-0.2, 0) is 22.6 Å². The molecule has 1 fully saturated rings. The standard InChI is InChI=1S/C16H21N3O4/c1-12-17-16(11-23-15-6-4-3-5-14(15)20-2)19(18-12)9-13-10-21-7-8-22-13/h3-6,13H,7-11H2,1-2H3/t13-/m0/s1. The zero-order valence-corrected chi connectivity index (χ0v) is 13.4. The van der Waals surface area contributed by atoms with Crippen LogP contribution in [0.4, 0.5) is 0 Å². The van der Waals surface area contributed by atoms with Crippen LogP contribution in [0.3, 0.4) is 0 Å². The maximum absolute atomic E-state index is 5.84. The van der Waals surface area contributed by atoms with E-state index in [9.17, 15) is 0 Å². The number of para-hydroxylation sites is 2. The Morgan fingerprint density at radius 1 is 1.26 bits per heavy atom. The molecule has 124 valence electrons. The van der Waals surface area contributed by atoms with E-state index in [0.717, 1.165) is 5.82 Å². The van der Waals surface area contributed by atoms with Gasteiger partial charge in [0.25, 0.3) is 0 Å². The SMILES string of the molecule is COc1ccccc1OCc1nc(C)nn1C[C@H]1COCCO1. The van der Waals surface area contributed by atoms with Crippen molar-refractivity contribution in [2.24, 2.45) is 0 Å². The third kappa shape index (κ3) is 4.00. The molecule has 3 rings (SSSR count). The average molecular weight is 319 g/mol. The maximum Gasteiger partial charge on any atom is 0.165 e. The fourth-order valence-corrected chi connectivity index (χ4v) is 2.47. The molecule has 1 aliphatic heterocycles. The van der Waals surface area contributed by atoms with Gasteiger partial charge in [-0.1, -0.05) is 12.1 Å². The van der Waals surface area contributed by atoms with Crippen LogP contribution in [0, 0.1) is 6.92 Å². The summed E-state index contributed by atoms with van der Waals surface area (Å²) in [4.78, 5) is 4.44. The molecule has 0 aliphatic carbocycles. The van der Waals surface area contributed by atoms with Gasteiger partial charge in [0.2, 0.25) is 0 Å². The third-order valence-corrected chi connectivity index (χ3v) is 3.54. The Kier molecular flexibility index (Phi) is 5.09. The molecule has 0 spiro atoms. The molecule has 1 aromatic heterocycles. The largest absolute Gasteiger partial charge is 0.493 e. The number of hydrogen-bond acceptors (Lipinski definition) is 6. The zero-order valence-electron chi connectivity index (χ0n) is 13.4. The highest BCUT2D eigenvalue weighted by Gasteiger charge is 2.18. The number of aromatic nitrogens is 3. The first-order chi connectivity index (χ1) is 11.3. The Balaban J connectivity index is 1.67. The minimum absolute atomic E-state index is 0.00476. The van der Waals surface area contributed by atoms with Gasteiger partial charge >= 0.3 is 0 Å². The highest BCUT2D eigenvalue weighted by molar-refractivity contribution is 5.39. The lowest BCUT2D eigenvalue weighted by atomic mass is 10.3. The van der Waals surface area contributed by atoms with Gasteiger partial charge < -0.3 is 18.9 Å². The Bertz CT molecular complexity index is 638. The molecule has 7 heteroatoms. The van der Waals surface area contributed by atoms with Crippen molar-refractivity contribution in [1.82, 2.24) is 14.8 Å². The molecular formula is C16H21N3O4. The highest BCUT2D eigenvalue weighted by atomic mass is 16.6. The van der Waals surface area contributed by atoms with Crippen LogP contribution in [0.1, 0.15) is 11.6 Å². The van der Waals surface area contributed by atoms with Crippen molar-refractivity contribution in [3.63, 3.8) is 0 Å². The fourth-order valence-electron chi connectivity index (χ4n) is 2.47. The van der Waals surface area contributed by atoms with Gasteiger partial charge in [-0.05, 0) is 19.1 Å². The Labute approximate surface area is 135 Å². The van der Waals surface area contributed by atoms with Gasteiger partial charge in [0.1, 0.15) is 18.5 Å². The van der Waals surface area contributed by atoms with E-state index >= 15 is 0 Å². The van der Waals surface area contributed by atoms with Gasteiger partial charge in [-0.3, -0.25) is 0 Å². The van der Waals surface area contributed by atoms with E-state index in [1.807, 2.05) is 35.9 Å². The number of ether oxygens (including phenoxy) is 4. The van der Waals surface area contributed by atoms with Crippen molar-refractivity contribution < 1.29 is 18.9 Å². The highest BCUT2D eigenvalue weighted by Crippen LogP contribution is 2.26. The number of benzene rings is 1. The van der Waals surface area contributed by atoms with Gasteiger partial charge in [-0.25, -0.2) is 9.67 Å². The first-order valence-electron chi connectivity index (χ1n) is 7.61. The number of nitrogens with zero attached hydrogens (tertiary/aromatic N) is 3. The molecule has 0 amide bonds. The number of methoxy groups -OCH3 is 1. The number of hydrogen-bond donors (Lipinski definition) is 0. The molecule has 0 radical (unpaired) electrons. The minimum Gasteiger partial charge on any atom is -0.493 e. The van der Waals surface area contributed by atoms with Crippen LogP contribution < -0.4 is 9.47 Å². The number of rotatable bonds is 6. The predicted octanol–water partition coefficient (Wildman–Crippen LogP) is 1.59. The molecular weight excluding hydrogens is 298 g/mol. The topological polar surface area (TPSA) is 67.6 Å². The van der Waals surface area contributed by atoms with Crippen molar-refractivity contribution in [1.29, 1.82) is 0 Å². The first-order valence-corrected chi connectivity index (χ1v) is 7.61. The van der Waals surface area contributed by atoms with Crippen molar-refractivity contribution >= 4 is 0 Å². The summed E-state index contributed by atoms with van der Waals surface area (Å²) in [5, 5.41) is 4.42. The Hall–Kier alpha value is -2.12. The molecule has 0 N–H and O–H groups in total. The molecule has 1 aromatic carbocycles. The van der Waals surface area contributed by atoms with Crippen molar-refractivity contribution in [2.45, 2.75) is 26.2 Å². The Morgan fingerprint density at radius 3 is 2.83 bits per heavy atom. The van der Waals surface area contributed by atoms with Gasteiger partial charge in [-0.15, -0.1) is 0 Å². The van der Waals surface area contributed by atoms with E-state index in [2.05, 4.69) is 10.1 Å². The maximum atomic E-state index is 5.84. The molecule has 1 aliphatic rings. The van der Waals surface area contributed by atoms with Gasteiger partial charge in [0.05, 0.1) is 33.5 Å². The molecule has 1 saturated heterocycles. The van der Waals surface area contributed by atoms with E-state index in [0.29, 0.717) is 50.3 Å². The summed E-state index contributed by atoms with van der Waals surface area (Å²) < 4.78 is 24.0. The smallest absolute Gasteiger partial charge is 0.165 e. The van der Waals surface area contributed by atoms with Gasteiger partial charge in [-0.2, -0.15) is 5.10 Å². The lowest BCUT2D eigenvalue weighted by Gasteiger charge is -2.23. The van der Waals surface area contributed by atoms with Crippen LogP contribution >= 0.6 is 0 Å². The average Bonchev–Trinajstić information content (AvgIpc) is 2.93. The van der Waals surface area contributed by atoms with Crippen LogP contribution in [0.5, 0.6) is 11.5 Å². The summed E-state index contributed by atoms with van der Waals surface area (Å²) >= 11 is 0. The van der Waals surface area contributed by atoms with E-state index < -0.39 is 0 Å². The predicted molar refractivity (Wildman–Crippen MR) is 82.6 cm³/mol. The van der Waals surface area contributed by atoms with Gasteiger partial charge in [0, 0.05) is 0 Å². The molecule has 0 saturated carbocycles. The van der Waals surface area contributed by atoms with E-state index in [1.165, 1.54) is 0 Å². The van der Waals surface area contributed by atoms with Crippen molar-refractivity contribution in [3.05, 3.63) is 35.9 Å². The molecule has 7 nitrogen and oxygen atoms in total. The summed E-state index contributed by atoms with van der Waals surface area (Å²) in [6.07, 6.45) is -0.00476. The monoisotopic (exact) mass is 319 g/mol. The summed E-state index contributed by atoms with van der Waals surface area (Å²) in [7, 11) is 1.62. The summed E-state index contributed by atoms with van der Waals surface area (Å²) in [5.41, 5.74) is 0. The van der Waals surface area contributed by atoms with Crippen LogP contribution in [0.2, 0.25) is 0 Å². The molecule has 2 aromatic rings. The molecule has 0 bridgehead atoms. The summed E-state index contributed by atoms with van der Waals surface area (Å²) in [6, 6.07) is 7.53.